The van der Waals surface area contributed by atoms with Crippen molar-refractivity contribution in [3.63, 3.8) is 0 Å². The minimum atomic E-state index is -0.737. The molecule has 0 amide bonds. The van der Waals surface area contributed by atoms with Crippen molar-refractivity contribution in [2.45, 2.75) is 78.1 Å². The van der Waals surface area contributed by atoms with Crippen molar-refractivity contribution in [3.05, 3.63) is 35.4 Å². The highest BCUT2D eigenvalue weighted by atomic mass is 16.4. The van der Waals surface area contributed by atoms with Crippen LogP contribution in [0.15, 0.2) is 24.3 Å². The molecule has 128 valence electrons. The van der Waals surface area contributed by atoms with Crippen LogP contribution in [0, 0.1) is 11.3 Å². The zero-order valence-corrected chi connectivity index (χ0v) is 15.4. The number of hydrogen-bond donors (Lipinski definition) is 1. The fourth-order valence-corrected chi connectivity index (χ4v) is 3.98. The van der Waals surface area contributed by atoms with E-state index in [1.807, 2.05) is 13.8 Å². The lowest BCUT2D eigenvalue weighted by Crippen LogP contribution is -2.25. The number of aliphatic carboxylic acids is 1. The van der Waals surface area contributed by atoms with Gasteiger partial charge in [-0.25, -0.2) is 0 Å². The summed E-state index contributed by atoms with van der Waals surface area (Å²) in [5.41, 5.74) is 2.66. The van der Waals surface area contributed by atoms with E-state index in [1.165, 1.54) is 31.2 Å². The molecule has 0 aromatic heterocycles. The van der Waals surface area contributed by atoms with Crippen molar-refractivity contribution in [3.8, 4) is 0 Å². The Labute approximate surface area is 141 Å². The summed E-state index contributed by atoms with van der Waals surface area (Å²) in [6.07, 6.45) is 5.36. The van der Waals surface area contributed by atoms with Crippen LogP contribution in [0.5, 0.6) is 0 Å². The van der Waals surface area contributed by atoms with Crippen LogP contribution in [-0.2, 0) is 10.2 Å². The van der Waals surface area contributed by atoms with Gasteiger partial charge in [0.1, 0.15) is 0 Å². The van der Waals surface area contributed by atoms with Crippen LogP contribution in [0.2, 0.25) is 0 Å². The van der Waals surface area contributed by atoms with E-state index in [0.29, 0.717) is 11.3 Å². The monoisotopic (exact) mass is 316 g/mol. The van der Waals surface area contributed by atoms with Crippen molar-refractivity contribution in [1.29, 1.82) is 0 Å². The lowest BCUT2D eigenvalue weighted by atomic mass is 9.68. The van der Waals surface area contributed by atoms with Crippen molar-refractivity contribution < 1.29 is 9.90 Å². The van der Waals surface area contributed by atoms with E-state index in [9.17, 15) is 4.79 Å². The topological polar surface area (TPSA) is 37.3 Å². The lowest BCUT2D eigenvalue weighted by Gasteiger charge is -2.37. The molecule has 0 aliphatic heterocycles. The van der Waals surface area contributed by atoms with Crippen molar-refractivity contribution in [2.75, 3.05) is 0 Å². The molecule has 0 saturated heterocycles. The van der Waals surface area contributed by atoms with Crippen LogP contribution in [-0.4, -0.2) is 11.1 Å². The summed E-state index contributed by atoms with van der Waals surface area (Å²) in [6, 6.07) is 8.71. The Kier molecular flexibility index (Phi) is 5.23. The van der Waals surface area contributed by atoms with Gasteiger partial charge in [0, 0.05) is 5.41 Å². The molecular formula is C21H32O2. The predicted octanol–water partition coefficient (Wildman–Crippen LogP) is 5.76. The zero-order chi connectivity index (χ0) is 17.3. The van der Waals surface area contributed by atoms with Gasteiger partial charge in [-0.05, 0) is 54.1 Å². The molecule has 0 atom stereocenters. The van der Waals surface area contributed by atoms with Crippen LogP contribution in [0.4, 0.5) is 0 Å². The number of benzene rings is 1. The molecule has 2 heteroatoms. The molecule has 2 nitrogen and oxygen atoms in total. The van der Waals surface area contributed by atoms with E-state index < -0.39 is 5.97 Å². The molecule has 1 aromatic carbocycles. The Balaban J connectivity index is 2.02. The molecule has 0 heterocycles. The molecule has 1 saturated carbocycles. The Morgan fingerprint density at radius 3 is 1.96 bits per heavy atom. The molecule has 2 rings (SSSR count). The summed E-state index contributed by atoms with van der Waals surface area (Å²) in [6.45, 7) is 11.1. The predicted molar refractivity (Wildman–Crippen MR) is 95.9 cm³/mol. The van der Waals surface area contributed by atoms with Crippen LogP contribution < -0.4 is 0 Å². The first kappa shape index (κ1) is 18.0. The molecule has 1 aliphatic carbocycles. The Morgan fingerprint density at radius 1 is 1.00 bits per heavy atom. The Morgan fingerprint density at radius 2 is 1.52 bits per heavy atom. The number of carbonyl (C=O) groups is 1. The fraction of sp³-hybridized carbons (Fsp3) is 0.667. The first-order valence-corrected chi connectivity index (χ1v) is 8.92. The third-order valence-corrected chi connectivity index (χ3v) is 5.71. The molecule has 0 spiro atoms. The lowest BCUT2D eigenvalue weighted by molar-refractivity contribution is -0.138. The van der Waals surface area contributed by atoms with E-state index in [4.69, 9.17) is 5.11 Å². The molecule has 1 fully saturated rings. The quantitative estimate of drug-likeness (QED) is 0.767. The van der Waals surface area contributed by atoms with Gasteiger partial charge < -0.3 is 5.11 Å². The second-order valence-electron chi connectivity index (χ2n) is 8.99. The summed E-state index contributed by atoms with van der Waals surface area (Å²) in [5.74, 6) is 0.775. The van der Waals surface area contributed by atoms with Gasteiger partial charge in [-0.1, -0.05) is 58.9 Å². The Bertz CT molecular complexity index is 526. The SMILES string of the molecule is CC(C)(CC(=O)O)c1ccc(C2CCC(C(C)(C)C)CC2)cc1. The molecule has 0 radical (unpaired) electrons. The van der Waals surface area contributed by atoms with Gasteiger partial charge in [0.05, 0.1) is 6.42 Å². The number of rotatable bonds is 4. The smallest absolute Gasteiger partial charge is 0.304 e. The third-order valence-electron chi connectivity index (χ3n) is 5.71. The first-order valence-electron chi connectivity index (χ1n) is 8.92. The van der Waals surface area contributed by atoms with Crippen molar-refractivity contribution in [2.24, 2.45) is 11.3 Å². The minimum absolute atomic E-state index is 0.170. The van der Waals surface area contributed by atoms with Crippen molar-refractivity contribution in [1.82, 2.24) is 0 Å². The number of hydrogen-bond acceptors (Lipinski definition) is 1. The maximum Gasteiger partial charge on any atom is 0.304 e. The molecule has 1 aromatic rings. The maximum atomic E-state index is 11.0. The molecule has 23 heavy (non-hydrogen) atoms. The van der Waals surface area contributed by atoms with E-state index in [2.05, 4.69) is 45.0 Å². The van der Waals surface area contributed by atoms with Crippen LogP contribution in [0.25, 0.3) is 0 Å². The fourth-order valence-electron chi connectivity index (χ4n) is 3.98. The average Bonchev–Trinajstić information content (AvgIpc) is 2.45. The van der Waals surface area contributed by atoms with Gasteiger partial charge in [0.2, 0.25) is 0 Å². The second-order valence-corrected chi connectivity index (χ2v) is 8.99. The van der Waals surface area contributed by atoms with Gasteiger partial charge in [-0.15, -0.1) is 0 Å². The molecule has 0 unspecified atom stereocenters. The van der Waals surface area contributed by atoms with Gasteiger partial charge in [0.15, 0.2) is 0 Å². The summed E-state index contributed by atoms with van der Waals surface area (Å²) >= 11 is 0. The van der Waals surface area contributed by atoms with Gasteiger partial charge in [-0.2, -0.15) is 0 Å². The zero-order valence-electron chi connectivity index (χ0n) is 15.4. The molecule has 1 N–H and O–H groups in total. The standard InChI is InChI=1S/C21H32O2/c1-20(2,3)17-10-6-15(7-11-17)16-8-12-18(13-9-16)21(4,5)14-19(22)23/h8-9,12-13,15,17H,6-7,10-11,14H2,1-5H3,(H,22,23). The number of carboxylic acid groups (broad SMARTS) is 1. The van der Waals surface area contributed by atoms with Crippen LogP contribution in [0.1, 0.15) is 83.8 Å². The van der Waals surface area contributed by atoms with Gasteiger partial charge >= 0.3 is 5.97 Å². The Hall–Kier alpha value is -1.31. The summed E-state index contributed by atoms with van der Waals surface area (Å²) < 4.78 is 0. The molecular weight excluding hydrogens is 284 g/mol. The summed E-state index contributed by atoms with van der Waals surface area (Å²) in [5, 5.41) is 9.06. The van der Waals surface area contributed by atoms with E-state index in [0.717, 1.165) is 11.5 Å². The van der Waals surface area contributed by atoms with Gasteiger partial charge in [0.25, 0.3) is 0 Å². The highest BCUT2D eigenvalue weighted by molar-refractivity contribution is 5.68. The molecule has 0 bridgehead atoms. The maximum absolute atomic E-state index is 11.0. The first-order chi connectivity index (χ1) is 10.6. The van der Waals surface area contributed by atoms with E-state index in [1.54, 1.807) is 0 Å². The van der Waals surface area contributed by atoms with E-state index >= 15 is 0 Å². The average molecular weight is 316 g/mol. The summed E-state index contributed by atoms with van der Waals surface area (Å²) in [4.78, 5) is 11.0. The molecule has 1 aliphatic rings. The van der Waals surface area contributed by atoms with Gasteiger partial charge in [-0.3, -0.25) is 4.79 Å². The largest absolute Gasteiger partial charge is 0.481 e. The minimum Gasteiger partial charge on any atom is -0.481 e. The third kappa shape index (κ3) is 4.59. The van der Waals surface area contributed by atoms with Crippen LogP contribution in [0.3, 0.4) is 0 Å². The summed E-state index contributed by atoms with van der Waals surface area (Å²) in [7, 11) is 0. The van der Waals surface area contributed by atoms with E-state index in [-0.39, 0.29) is 11.8 Å². The normalized spacial score (nSPS) is 22.8. The van der Waals surface area contributed by atoms with Crippen molar-refractivity contribution >= 4 is 5.97 Å². The van der Waals surface area contributed by atoms with Crippen LogP contribution >= 0.6 is 0 Å². The highest BCUT2D eigenvalue weighted by Gasteiger charge is 2.30. The number of carboxylic acids is 1. The highest BCUT2D eigenvalue weighted by Crippen LogP contribution is 2.43. The second kappa shape index (κ2) is 6.67.